The van der Waals surface area contributed by atoms with Crippen LogP contribution >= 0.6 is 11.3 Å². The van der Waals surface area contributed by atoms with Crippen molar-refractivity contribution in [2.24, 2.45) is 0 Å². The first kappa shape index (κ1) is 18.6. The molecule has 0 radical (unpaired) electrons. The zero-order valence-electron chi connectivity index (χ0n) is 15.6. The normalized spacial score (nSPS) is 11.2. The van der Waals surface area contributed by atoms with Crippen molar-refractivity contribution in [2.45, 2.75) is 6.92 Å². The van der Waals surface area contributed by atoms with Crippen LogP contribution in [0.5, 0.6) is 5.75 Å². The number of aryl methyl sites for hydroxylation is 1. The maximum Gasteiger partial charge on any atom is 0.343 e. The fraction of sp³-hybridized carbons (Fsp3) is 0.0417. The molecule has 4 aromatic rings. The summed E-state index contributed by atoms with van der Waals surface area (Å²) >= 11 is 1.49. The van der Waals surface area contributed by atoms with Crippen LogP contribution in [0.15, 0.2) is 72.8 Å². The number of aromatic nitrogens is 1. The summed E-state index contributed by atoms with van der Waals surface area (Å²) in [5, 5.41) is 10.2. The van der Waals surface area contributed by atoms with Crippen molar-refractivity contribution >= 4 is 39.2 Å². The van der Waals surface area contributed by atoms with Crippen LogP contribution in [-0.4, -0.2) is 11.0 Å². The molecule has 0 N–H and O–H groups in total. The van der Waals surface area contributed by atoms with Crippen molar-refractivity contribution in [1.29, 1.82) is 5.26 Å². The predicted molar refractivity (Wildman–Crippen MR) is 116 cm³/mol. The first-order valence-electron chi connectivity index (χ1n) is 8.99. The molecule has 0 aliphatic heterocycles. The summed E-state index contributed by atoms with van der Waals surface area (Å²) in [4.78, 5) is 16.8. The quantitative estimate of drug-likeness (QED) is 0.245. The number of para-hydroxylation sites is 1. The molecule has 4 nitrogen and oxygen atoms in total. The molecule has 0 spiro atoms. The van der Waals surface area contributed by atoms with Gasteiger partial charge in [0, 0.05) is 0 Å². The van der Waals surface area contributed by atoms with Gasteiger partial charge in [-0.2, -0.15) is 5.26 Å². The van der Waals surface area contributed by atoms with Gasteiger partial charge >= 0.3 is 5.97 Å². The topological polar surface area (TPSA) is 63.0 Å². The lowest BCUT2D eigenvalue weighted by Crippen LogP contribution is -2.08. The third-order valence-electron chi connectivity index (χ3n) is 4.33. The van der Waals surface area contributed by atoms with Gasteiger partial charge < -0.3 is 4.74 Å². The zero-order valence-corrected chi connectivity index (χ0v) is 16.4. The first-order valence-corrected chi connectivity index (χ1v) is 9.81. The molecule has 5 heteroatoms. The number of carbonyl (C=O) groups excluding carboxylic acids is 1. The third kappa shape index (κ3) is 4.23. The van der Waals surface area contributed by atoms with E-state index in [9.17, 15) is 10.1 Å². The summed E-state index contributed by atoms with van der Waals surface area (Å²) in [6.07, 6.45) is 1.78. The molecule has 0 aliphatic carbocycles. The molecule has 1 heterocycles. The van der Waals surface area contributed by atoms with Crippen molar-refractivity contribution in [1.82, 2.24) is 4.98 Å². The highest BCUT2D eigenvalue weighted by Gasteiger charge is 2.10. The zero-order chi connectivity index (χ0) is 20.2. The minimum atomic E-state index is -0.402. The number of esters is 1. The lowest BCUT2D eigenvalue weighted by atomic mass is 10.1. The van der Waals surface area contributed by atoms with Gasteiger partial charge in [-0.3, -0.25) is 0 Å². The average Bonchev–Trinajstić information content (AvgIpc) is 3.17. The molecule has 0 saturated heterocycles. The Morgan fingerprint density at radius 3 is 2.45 bits per heavy atom. The molecule has 0 amide bonds. The number of fused-ring (bicyclic) bond motifs is 1. The number of ether oxygens (including phenoxy) is 1. The van der Waals surface area contributed by atoms with Crippen LogP contribution in [0.25, 0.3) is 21.9 Å². The van der Waals surface area contributed by atoms with E-state index in [0.29, 0.717) is 21.9 Å². The van der Waals surface area contributed by atoms with Crippen LogP contribution in [0.3, 0.4) is 0 Å². The van der Waals surface area contributed by atoms with Crippen LogP contribution in [-0.2, 0) is 0 Å². The lowest BCUT2D eigenvalue weighted by Gasteiger charge is -2.05. The Labute approximate surface area is 172 Å². The molecular weight excluding hydrogens is 380 g/mol. The maximum atomic E-state index is 12.2. The highest BCUT2D eigenvalue weighted by atomic mass is 32.1. The fourth-order valence-corrected chi connectivity index (χ4v) is 3.72. The second-order valence-electron chi connectivity index (χ2n) is 6.48. The summed E-state index contributed by atoms with van der Waals surface area (Å²) in [5.74, 6) is 0.0479. The highest BCUT2D eigenvalue weighted by molar-refractivity contribution is 7.19. The van der Waals surface area contributed by atoms with Crippen LogP contribution in [0.4, 0.5) is 0 Å². The molecule has 0 unspecified atom stereocenters. The van der Waals surface area contributed by atoms with Gasteiger partial charge in [0.2, 0.25) is 0 Å². The molecule has 0 bridgehead atoms. The average molecular weight is 396 g/mol. The van der Waals surface area contributed by atoms with E-state index in [1.165, 1.54) is 11.3 Å². The van der Waals surface area contributed by atoms with Gasteiger partial charge in [0.1, 0.15) is 16.8 Å². The van der Waals surface area contributed by atoms with E-state index in [4.69, 9.17) is 4.74 Å². The molecule has 3 aromatic carbocycles. The Bertz CT molecular complexity index is 1210. The van der Waals surface area contributed by atoms with Crippen LogP contribution in [0.1, 0.15) is 26.5 Å². The Kier molecular flexibility index (Phi) is 5.19. The summed E-state index contributed by atoms with van der Waals surface area (Å²) in [5.41, 5.74) is 3.79. The monoisotopic (exact) mass is 396 g/mol. The van der Waals surface area contributed by atoms with E-state index >= 15 is 0 Å². The minimum Gasteiger partial charge on any atom is -0.423 e. The number of carbonyl (C=O) groups is 1. The van der Waals surface area contributed by atoms with Crippen molar-refractivity contribution in [3.63, 3.8) is 0 Å². The number of nitriles is 1. The standard InChI is InChI=1S/C24H16N2O2S/c1-16-6-10-18(11-7-16)24(27)28-20-12-8-17(9-13-20)14-19(15-25)23-26-21-4-2-3-5-22(21)29-23/h2-14H,1H3/b19-14+. The van der Waals surface area contributed by atoms with Crippen molar-refractivity contribution in [3.05, 3.63) is 94.5 Å². The number of thiazole rings is 1. The van der Waals surface area contributed by atoms with Crippen molar-refractivity contribution in [2.75, 3.05) is 0 Å². The molecule has 29 heavy (non-hydrogen) atoms. The summed E-state index contributed by atoms with van der Waals surface area (Å²) in [6.45, 7) is 1.96. The van der Waals surface area contributed by atoms with E-state index in [1.54, 1.807) is 30.3 Å². The second kappa shape index (κ2) is 8.09. The lowest BCUT2D eigenvalue weighted by molar-refractivity contribution is 0.0735. The number of hydrogen-bond donors (Lipinski definition) is 0. The Morgan fingerprint density at radius 1 is 1.03 bits per heavy atom. The number of allylic oxidation sites excluding steroid dienone is 1. The van der Waals surface area contributed by atoms with Crippen molar-refractivity contribution < 1.29 is 9.53 Å². The van der Waals surface area contributed by atoms with Crippen LogP contribution in [0, 0.1) is 18.3 Å². The number of hydrogen-bond acceptors (Lipinski definition) is 5. The number of benzene rings is 3. The minimum absolute atomic E-state index is 0.402. The molecule has 140 valence electrons. The van der Waals surface area contributed by atoms with Gasteiger partial charge in [-0.15, -0.1) is 11.3 Å². The molecule has 0 saturated carbocycles. The van der Waals surface area contributed by atoms with E-state index in [1.807, 2.05) is 55.5 Å². The summed E-state index contributed by atoms with van der Waals surface area (Å²) < 4.78 is 6.46. The Balaban J connectivity index is 1.52. The van der Waals surface area contributed by atoms with E-state index in [-0.39, 0.29) is 0 Å². The molecule has 0 aliphatic rings. The highest BCUT2D eigenvalue weighted by Crippen LogP contribution is 2.28. The first-order chi connectivity index (χ1) is 14.1. The molecule has 1 aromatic heterocycles. The van der Waals surface area contributed by atoms with Crippen LogP contribution in [0.2, 0.25) is 0 Å². The summed E-state index contributed by atoms with van der Waals surface area (Å²) in [7, 11) is 0. The molecule has 4 rings (SSSR count). The van der Waals surface area contributed by atoms with Crippen LogP contribution < -0.4 is 4.74 Å². The molecule has 0 fully saturated rings. The number of nitrogens with zero attached hydrogens (tertiary/aromatic N) is 2. The van der Waals surface area contributed by atoms with Gasteiger partial charge in [-0.05, 0) is 55.0 Å². The van der Waals surface area contributed by atoms with Gasteiger partial charge in [-0.1, -0.05) is 42.0 Å². The Morgan fingerprint density at radius 2 is 1.76 bits per heavy atom. The number of rotatable bonds is 4. The predicted octanol–water partition coefficient (Wildman–Crippen LogP) is 5.89. The largest absolute Gasteiger partial charge is 0.423 e. The van der Waals surface area contributed by atoms with E-state index < -0.39 is 5.97 Å². The third-order valence-corrected chi connectivity index (χ3v) is 5.40. The smallest absolute Gasteiger partial charge is 0.343 e. The Hall–Kier alpha value is -3.75. The second-order valence-corrected chi connectivity index (χ2v) is 7.51. The van der Waals surface area contributed by atoms with E-state index in [2.05, 4.69) is 11.1 Å². The van der Waals surface area contributed by atoms with Gasteiger partial charge in [-0.25, -0.2) is 9.78 Å². The SMILES string of the molecule is Cc1ccc(C(=O)Oc2ccc(/C=C(\C#N)c3nc4ccccc4s3)cc2)cc1. The fourth-order valence-electron chi connectivity index (χ4n) is 2.78. The summed E-state index contributed by atoms with van der Waals surface area (Å²) in [6, 6.07) is 24.3. The van der Waals surface area contributed by atoms with Gasteiger partial charge in [0.15, 0.2) is 0 Å². The van der Waals surface area contributed by atoms with Crippen molar-refractivity contribution in [3.8, 4) is 11.8 Å². The van der Waals surface area contributed by atoms with E-state index in [0.717, 1.165) is 21.3 Å². The van der Waals surface area contributed by atoms with Gasteiger partial charge in [0.25, 0.3) is 0 Å². The molecular formula is C24H16N2O2S. The maximum absolute atomic E-state index is 12.2. The molecule has 0 atom stereocenters. The van der Waals surface area contributed by atoms with Gasteiger partial charge in [0.05, 0.1) is 21.4 Å².